The lowest BCUT2D eigenvalue weighted by atomic mass is 10.1. The zero-order valence-corrected chi connectivity index (χ0v) is 12.0. The number of likely N-dealkylation sites (tertiary alicyclic amines) is 1. The summed E-state index contributed by atoms with van der Waals surface area (Å²) in [6.07, 6.45) is -2.44. The van der Waals surface area contributed by atoms with Gasteiger partial charge in [0.1, 0.15) is 0 Å². The molecule has 0 radical (unpaired) electrons. The number of nitrogens with zero attached hydrogens (tertiary/aromatic N) is 2. The summed E-state index contributed by atoms with van der Waals surface area (Å²) in [6.45, 7) is 8.62. The van der Waals surface area contributed by atoms with Crippen molar-refractivity contribution in [2.45, 2.75) is 38.9 Å². The standard InChI is InChI=1S/C13H26F3N3/c1-3-18(4-2)10-7-17-12-5-8-19(9-6-12)11-13(14,15)16/h12,17H,3-11H2,1-2H3. The number of halogens is 3. The van der Waals surface area contributed by atoms with Crippen LogP contribution >= 0.6 is 0 Å². The Balaban J connectivity index is 2.13. The smallest absolute Gasteiger partial charge is 0.313 e. The third-order valence-corrected chi connectivity index (χ3v) is 3.75. The maximum atomic E-state index is 12.2. The zero-order chi connectivity index (χ0) is 14.3. The van der Waals surface area contributed by atoms with Crippen molar-refractivity contribution in [2.75, 3.05) is 45.8 Å². The molecule has 0 aromatic rings. The fourth-order valence-corrected chi connectivity index (χ4v) is 2.52. The van der Waals surface area contributed by atoms with Gasteiger partial charge in [0, 0.05) is 19.1 Å². The van der Waals surface area contributed by atoms with E-state index in [1.165, 1.54) is 4.90 Å². The number of alkyl halides is 3. The van der Waals surface area contributed by atoms with Gasteiger partial charge in [-0.2, -0.15) is 13.2 Å². The van der Waals surface area contributed by atoms with Gasteiger partial charge in [0.05, 0.1) is 6.54 Å². The van der Waals surface area contributed by atoms with Crippen LogP contribution in [-0.2, 0) is 0 Å². The maximum absolute atomic E-state index is 12.2. The topological polar surface area (TPSA) is 18.5 Å². The van der Waals surface area contributed by atoms with E-state index in [0.29, 0.717) is 19.1 Å². The predicted octanol–water partition coefficient (Wildman–Crippen LogP) is 1.94. The van der Waals surface area contributed by atoms with Crippen LogP contribution in [-0.4, -0.2) is 67.8 Å². The average Bonchev–Trinajstić information content (AvgIpc) is 2.35. The molecule has 1 saturated heterocycles. The minimum Gasteiger partial charge on any atom is -0.313 e. The van der Waals surface area contributed by atoms with Gasteiger partial charge in [0.15, 0.2) is 0 Å². The number of hydrogen-bond donors (Lipinski definition) is 1. The average molecular weight is 281 g/mol. The van der Waals surface area contributed by atoms with Crippen LogP contribution < -0.4 is 5.32 Å². The fraction of sp³-hybridized carbons (Fsp3) is 1.00. The molecule has 1 aliphatic rings. The van der Waals surface area contributed by atoms with Gasteiger partial charge in [0.2, 0.25) is 0 Å². The van der Waals surface area contributed by atoms with Crippen molar-refractivity contribution >= 4 is 0 Å². The Hall–Kier alpha value is -0.330. The van der Waals surface area contributed by atoms with Gasteiger partial charge in [-0.15, -0.1) is 0 Å². The number of piperidine rings is 1. The molecule has 0 aliphatic carbocycles. The third kappa shape index (κ3) is 7.13. The van der Waals surface area contributed by atoms with E-state index in [2.05, 4.69) is 24.1 Å². The summed E-state index contributed by atoms with van der Waals surface area (Å²) in [4.78, 5) is 3.84. The molecular weight excluding hydrogens is 255 g/mol. The Morgan fingerprint density at radius 1 is 1.16 bits per heavy atom. The molecule has 0 saturated carbocycles. The molecule has 1 N–H and O–H groups in total. The summed E-state index contributed by atoms with van der Waals surface area (Å²) in [5, 5.41) is 3.45. The molecule has 1 fully saturated rings. The number of rotatable bonds is 7. The maximum Gasteiger partial charge on any atom is 0.401 e. The molecule has 0 bridgehead atoms. The highest BCUT2D eigenvalue weighted by Crippen LogP contribution is 2.19. The van der Waals surface area contributed by atoms with Crippen LogP contribution in [0, 0.1) is 0 Å². The quantitative estimate of drug-likeness (QED) is 0.769. The van der Waals surface area contributed by atoms with Gasteiger partial charge >= 0.3 is 6.18 Å². The first-order chi connectivity index (χ1) is 8.94. The van der Waals surface area contributed by atoms with Crippen LogP contribution in [0.25, 0.3) is 0 Å². The first kappa shape index (κ1) is 16.7. The third-order valence-electron chi connectivity index (χ3n) is 3.75. The summed E-state index contributed by atoms with van der Waals surface area (Å²) in [5.74, 6) is 0. The molecule has 0 aromatic heterocycles. The molecule has 19 heavy (non-hydrogen) atoms. The molecule has 0 spiro atoms. The van der Waals surface area contributed by atoms with Crippen molar-refractivity contribution in [3.63, 3.8) is 0 Å². The van der Waals surface area contributed by atoms with Gasteiger partial charge in [-0.1, -0.05) is 13.8 Å². The van der Waals surface area contributed by atoms with Gasteiger partial charge in [-0.25, -0.2) is 0 Å². The predicted molar refractivity (Wildman–Crippen MR) is 71.3 cm³/mol. The van der Waals surface area contributed by atoms with Crippen molar-refractivity contribution in [3.05, 3.63) is 0 Å². The minimum atomic E-state index is -4.07. The van der Waals surface area contributed by atoms with Gasteiger partial charge in [-0.3, -0.25) is 4.90 Å². The van der Waals surface area contributed by atoms with Crippen LogP contribution in [0.1, 0.15) is 26.7 Å². The van der Waals surface area contributed by atoms with E-state index in [1.54, 1.807) is 0 Å². The molecule has 0 atom stereocenters. The molecule has 6 heteroatoms. The molecule has 114 valence electrons. The second-order valence-corrected chi connectivity index (χ2v) is 5.15. The summed E-state index contributed by atoms with van der Waals surface area (Å²) < 4.78 is 36.7. The van der Waals surface area contributed by atoms with Gasteiger partial charge < -0.3 is 10.2 Å². The summed E-state index contributed by atoms with van der Waals surface area (Å²) in [5.41, 5.74) is 0. The lowest BCUT2D eigenvalue weighted by molar-refractivity contribution is -0.148. The SMILES string of the molecule is CCN(CC)CCNC1CCN(CC(F)(F)F)CC1. The van der Waals surface area contributed by atoms with Gasteiger partial charge in [0.25, 0.3) is 0 Å². The van der Waals surface area contributed by atoms with Crippen LogP contribution in [0.3, 0.4) is 0 Å². The zero-order valence-electron chi connectivity index (χ0n) is 12.0. The van der Waals surface area contributed by atoms with Crippen molar-refractivity contribution in [1.29, 1.82) is 0 Å². The number of nitrogens with one attached hydrogen (secondary N) is 1. The van der Waals surface area contributed by atoms with Gasteiger partial charge in [-0.05, 0) is 39.0 Å². The monoisotopic (exact) mass is 281 g/mol. The Morgan fingerprint density at radius 3 is 2.21 bits per heavy atom. The van der Waals surface area contributed by atoms with E-state index < -0.39 is 12.7 Å². The number of likely N-dealkylation sites (N-methyl/N-ethyl adjacent to an activating group) is 1. The normalized spacial score (nSPS) is 19.3. The molecule has 1 heterocycles. The summed E-state index contributed by atoms with van der Waals surface area (Å²) in [6, 6.07) is 0.375. The highest BCUT2D eigenvalue weighted by atomic mass is 19.4. The number of hydrogen-bond acceptors (Lipinski definition) is 3. The lowest BCUT2D eigenvalue weighted by Gasteiger charge is -2.33. The largest absolute Gasteiger partial charge is 0.401 e. The Bertz CT molecular complexity index is 234. The van der Waals surface area contributed by atoms with Crippen molar-refractivity contribution in [2.24, 2.45) is 0 Å². The Labute approximate surface area is 114 Å². The Morgan fingerprint density at radius 2 is 1.74 bits per heavy atom. The van der Waals surface area contributed by atoms with Crippen molar-refractivity contribution in [3.8, 4) is 0 Å². The summed E-state index contributed by atoms with van der Waals surface area (Å²) in [7, 11) is 0. The summed E-state index contributed by atoms with van der Waals surface area (Å²) >= 11 is 0. The Kier molecular flexibility index (Phi) is 7.10. The van der Waals surface area contributed by atoms with E-state index in [1.807, 2.05) is 0 Å². The van der Waals surface area contributed by atoms with E-state index in [-0.39, 0.29) is 0 Å². The second kappa shape index (κ2) is 8.07. The molecule has 0 aromatic carbocycles. The molecule has 1 rings (SSSR count). The highest BCUT2D eigenvalue weighted by molar-refractivity contribution is 4.78. The van der Waals surface area contributed by atoms with Crippen LogP contribution in [0.2, 0.25) is 0 Å². The van der Waals surface area contributed by atoms with Crippen molar-refractivity contribution in [1.82, 2.24) is 15.1 Å². The molecule has 1 aliphatic heterocycles. The second-order valence-electron chi connectivity index (χ2n) is 5.15. The fourth-order valence-electron chi connectivity index (χ4n) is 2.52. The molecule has 3 nitrogen and oxygen atoms in total. The van der Waals surface area contributed by atoms with E-state index >= 15 is 0 Å². The lowest BCUT2D eigenvalue weighted by Crippen LogP contribution is -2.46. The molecule has 0 amide bonds. The van der Waals surface area contributed by atoms with E-state index in [9.17, 15) is 13.2 Å². The van der Waals surface area contributed by atoms with Crippen LogP contribution in [0.4, 0.5) is 13.2 Å². The minimum absolute atomic E-state index is 0.375. The highest BCUT2D eigenvalue weighted by Gasteiger charge is 2.32. The molecule has 0 unspecified atom stereocenters. The van der Waals surface area contributed by atoms with Crippen LogP contribution in [0.5, 0.6) is 0 Å². The van der Waals surface area contributed by atoms with Crippen LogP contribution in [0.15, 0.2) is 0 Å². The first-order valence-corrected chi connectivity index (χ1v) is 7.19. The first-order valence-electron chi connectivity index (χ1n) is 7.19. The van der Waals surface area contributed by atoms with Crippen molar-refractivity contribution < 1.29 is 13.2 Å². The van der Waals surface area contributed by atoms with E-state index in [4.69, 9.17) is 0 Å². The van der Waals surface area contributed by atoms with E-state index in [0.717, 1.165) is 39.0 Å². The molecular formula is C13H26F3N3.